The third-order valence-corrected chi connectivity index (χ3v) is 1.77. The predicted molar refractivity (Wildman–Crippen MR) is 55.7 cm³/mol. The van der Waals surface area contributed by atoms with Crippen molar-refractivity contribution in [1.82, 2.24) is 15.7 Å². The molecule has 0 saturated heterocycles. The van der Waals surface area contributed by atoms with Gasteiger partial charge in [-0.1, -0.05) is 6.07 Å². The highest BCUT2D eigenvalue weighted by Gasteiger charge is 1.95. The molecule has 0 aromatic carbocycles. The second-order valence-electron chi connectivity index (χ2n) is 2.60. The summed E-state index contributed by atoms with van der Waals surface area (Å²) in [5.41, 5.74) is 4.28. The molecule has 0 fully saturated rings. The Morgan fingerprint density at radius 1 is 1.62 bits per heavy atom. The van der Waals surface area contributed by atoms with Crippen molar-refractivity contribution in [3.63, 3.8) is 0 Å². The number of thiocarbonyl (C=S) groups is 1. The Kier molecular flexibility index (Phi) is 3.60. The van der Waals surface area contributed by atoms with Crippen LogP contribution in [0.25, 0.3) is 0 Å². The summed E-state index contributed by atoms with van der Waals surface area (Å²) in [6.45, 7) is 2.54. The standard InChI is InChI=1S/C8H12N4S/c1-6-3-2-4-7(11-6)5-10-8(13)12-9/h2-4H,5,9H2,1H3,(H2,10,12,13). The molecule has 0 amide bonds. The van der Waals surface area contributed by atoms with Gasteiger partial charge in [0.15, 0.2) is 5.11 Å². The zero-order valence-electron chi connectivity index (χ0n) is 7.37. The molecule has 0 radical (unpaired) electrons. The molecule has 1 aromatic rings. The highest BCUT2D eigenvalue weighted by molar-refractivity contribution is 7.80. The largest absolute Gasteiger partial charge is 0.356 e. The zero-order chi connectivity index (χ0) is 9.68. The normalized spacial score (nSPS) is 9.38. The Morgan fingerprint density at radius 3 is 3.00 bits per heavy atom. The van der Waals surface area contributed by atoms with Gasteiger partial charge in [-0.3, -0.25) is 4.98 Å². The van der Waals surface area contributed by atoms with Crippen LogP contribution in [0.15, 0.2) is 18.2 Å². The molecular formula is C8H12N4S. The van der Waals surface area contributed by atoms with Crippen molar-refractivity contribution >= 4 is 17.3 Å². The number of hydrogen-bond donors (Lipinski definition) is 3. The molecule has 0 aliphatic heterocycles. The van der Waals surface area contributed by atoms with Gasteiger partial charge in [0.25, 0.3) is 0 Å². The van der Waals surface area contributed by atoms with Crippen LogP contribution in [0.5, 0.6) is 0 Å². The summed E-state index contributed by atoms with van der Waals surface area (Å²) >= 11 is 4.81. The molecule has 1 rings (SSSR count). The maximum atomic E-state index is 5.09. The van der Waals surface area contributed by atoms with E-state index in [4.69, 9.17) is 18.1 Å². The predicted octanol–water partition coefficient (Wildman–Crippen LogP) is 0.228. The number of pyridine rings is 1. The van der Waals surface area contributed by atoms with Crippen LogP contribution in [0.1, 0.15) is 11.4 Å². The molecular weight excluding hydrogens is 184 g/mol. The van der Waals surface area contributed by atoms with Gasteiger partial charge >= 0.3 is 0 Å². The fraction of sp³-hybridized carbons (Fsp3) is 0.250. The van der Waals surface area contributed by atoms with E-state index < -0.39 is 0 Å². The molecule has 0 spiro atoms. The summed E-state index contributed by atoms with van der Waals surface area (Å²) in [5.74, 6) is 5.09. The van der Waals surface area contributed by atoms with Crippen molar-refractivity contribution in [2.24, 2.45) is 5.84 Å². The SMILES string of the molecule is Cc1cccc(CNC(=S)NN)n1. The van der Waals surface area contributed by atoms with E-state index >= 15 is 0 Å². The highest BCUT2D eigenvalue weighted by atomic mass is 32.1. The third kappa shape index (κ3) is 3.35. The van der Waals surface area contributed by atoms with Gasteiger partial charge < -0.3 is 10.7 Å². The summed E-state index contributed by atoms with van der Waals surface area (Å²) in [5, 5.41) is 3.33. The van der Waals surface area contributed by atoms with E-state index in [9.17, 15) is 0 Å². The van der Waals surface area contributed by atoms with Gasteiger partial charge in [0.2, 0.25) is 0 Å². The number of aryl methyl sites for hydroxylation is 1. The van der Waals surface area contributed by atoms with Gasteiger partial charge in [0.05, 0.1) is 12.2 Å². The molecule has 5 heteroatoms. The van der Waals surface area contributed by atoms with E-state index in [-0.39, 0.29) is 0 Å². The highest BCUT2D eigenvalue weighted by Crippen LogP contribution is 1.96. The average molecular weight is 196 g/mol. The lowest BCUT2D eigenvalue weighted by Crippen LogP contribution is -2.39. The van der Waals surface area contributed by atoms with Crippen molar-refractivity contribution < 1.29 is 0 Å². The zero-order valence-corrected chi connectivity index (χ0v) is 8.19. The van der Waals surface area contributed by atoms with E-state index in [0.717, 1.165) is 11.4 Å². The van der Waals surface area contributed by atoms with Gasteiger partial charge in [0.1, 0.15) is 0 Å². The number of aromatic nitrogens is 1. The average Bonchev–Trinajstić information content (AvgIpc) is 2.14. The molecule has 1 aromatic heterocycles. The van der Waals surface area contributed by atoms with Gasteiger partial charge in [0, 0.05) is 5.69 Å². The first-order valence-electron chi connectivity index (χ1n) is 3.89. The minimum atomic E-state index is 0.420. The molecule has 0 atom stereocenters. The summed E-state index contributed by atoms with van der Waals surface area (Å²) in [6.07, 6.45) is 0. The van der Waals surface area contributed by atoms with Crippen molar-refractivity contribution in [1.29, 1.82) is 0 Å². The summed E-state index contributed by atoms with van der Waals surface area (Å²) in [4.78, 5) is 4.29. The molecule has 70 valence electrons. The minimum Gasteiger partial charge on any atom is -0.356 e. The fourth-order valence-corrected chi connectivity index (χ4v) is 0.992. The van der Waals surface area contributed by atoms with Crippen molar-refractivity contribution in [2.45, 2.75) is 13.5 Å². The van der Waals surface area contributed by atoms with Crippen LogP contribution in [0.4, 0.5) is 0 Å². The van der Waals surface area contributed by atoms with Crippen LogP contribution in [0.3, 0.4) is 0 Å². The van der Waals surface area contributed by atoms with Crippen LogP contribution in [0.2, 0.25) is 0 Å². The maximum Gasteiger partial charge on any atom is 0.180 e. The number of nitrogens with one attached hydrogen (secondary N) is 2. The Bertz CT molecular complexity index is 300. The van der Waals surface area contributed by atoms with E-state index in [1.165, 1.54) is 0 Å². The summed E-state index contributed by atoms with van der Waals surface area (Å²) in [6, 6.07) is 5.83. The van der Waals surface area contributed by atoms with E-state index in [0.29, 0.717) is 11.7 Å². The number of nitrogens with two attached hydrogens (primary N) is 1. The molecule has 0 unspecified atom stereocenters. The minimum absolute atomic E-state index is 0.420. The molecule has 4 nitrogen and oxygen atoms in total. The third-order valence-electron chi connectivity index (χ3n) is 1.51. The van der Waals surface area contributed by atoms with Gasteiger partial charge in [-0.05, 0) is 31.3 Å². The first-order valence-corrected chi connectivity index (χ1v) is 4.30. The van der Waals surface area contributed by atoms with Crippen LogP contribution in [-0.4, -0.2) is 10.1 Å². The van der Waals surface area contributed by atoms with Crippen LogP contribution in [-0.2, 0) is 6.54 Å². The van der Waals surface area contributed by atoms with Gasteiger partial charge in [-0.25, -0.2) is 5.84 Å². The first-order chi connectivity index (χ1) is 6.22. The second kappa shape index (κ2) is 4.74. The first kappa shape index (κ1) is 9.88. The second-order valence-corrected chi connectivity index (χ2v) is 3.01. The monoisotopic (exact) mass is 196 g/mol. The summed E-state index contributed by atoms with van der Waals surface area (Å²) < 4.78 is 0. The fourth-order valence-electron chi connectivity index (χ4n) is 0.920. The van der Waals surface area contributed by atoms with Crippen LogP contribution < -0.4 is 16.6 Å². The van der Waals surface area contributed by atoms with Crippen LogP contribution in [0, 0.1) is 6.92 Å². The van der Waals surface area contributed by atoms with Crippen molar-refractivity contribution in [3.05, 3.63) is 29.6 Å². The number of rotatable bonds is 2. The topological polar surface area (TPSA) is 63.0 Å². The molecule has 13 heavy (non-hydrogen) atoms. The molecule has 4 N–H and O–H groups in total. The smallest absolute Gasteiger partial charge is 0.180 e. The Balaban J connectivity index is 2.50. The lowest BCUT2D eigenvalue weighted by molar-refractivity contribution is 0.834. The number of hydrogen-bond acceptors (Lipinski definition) is 3. The van der Waals surface area contributed by atoms with E-state index in [1.54, 1.807) is 0 Å². The van der Waals surface area contributed by atoms with Gasteiger partial charge in [-0.15, -0.1) is 0 Å². The maximum absolute atomic E-state index is 5.09. The lowest BCUT2D eigenvalue weighted by Gasteiger charge is -2.06. The van der Waals surface area contributed by atoms with Crippen molar-refractivity contribution in [2.75, 3.05) is 0 Å². The molecule has 0 aliphatic carbocycles. The Labute approximate surface area is 82.5 Å². The molecule has 0 aliphatic rings. The Morgan fingerprint density at radius 2 is 2.38 bits per heavy atom. The number of nitrogens with zero attached hydrogens (tertiary/aromatic N) is 1. The quantitative estimate of drug-likeness (QED) is 0.359. The molecule has 0 bridgehead atoms. The molecule has 0 saturated carbocycles. The van der Waals surface area contributed by atoms with E-state index in [2.05, 4.69) is 15.7 Å². The Hall–Kier alpha value is -1.20. The number of hydrazine groups is 1. The van der Waals surface area contributed by atoms with Crippen LogP contribution >= 0.6 is 12.2 Å². The lowest BCUT2D eigenvalue weighted by atomic mass is 10.3. The van der Waals surface area contributed by atoms with Crippen molar-refractivity contribution in [3.8, 4) is 0 Å². The van der Waals surface area contributed by atoms with Gasteiger partial charge in [-0.2, -0.15) is 0 Å². The molecule has 1 heterocycles. The van der Waals surface area contributed by atoms with E-state index in [1.807, 2.05) is 25.1 Å². The summed E-state index contributed by atoms with van der Waals surface area (Å²) in [7, 11) is 0.